The van der Waals surface area contributed by atoms with Gasteiger partial charge in [0.15, 0.2) is 0 Å². The zero-order valence-electron chi connectivity index (χ0n) is 24.8. The fraction of sp³-hybridized carbons (Fsp3) is 0.103. The molecule has 0 bridgehead atoms. The highest BCUT2D eigenvalue weighted by atomic mass is 32.1. The summed E-state index contributed by atoms with van der Waals surface area (Å²) in [6.07, 6.45) is 1.96. The molecule has 6 aromatic rings. The first-order chi connectivity index (χ1) is 21.0. The number of anilines is 4. The number of hydrazone groups is 1. The summed E-state index contributed by atoms with van der Waals surface area (Å²) in [6, 6.07) is 47.2. The van der Waals surface area contributed by atoms with Crippen LogP contribution in [-0.2, 0) is 6.54 Å². The van der Waals surface area contributed by atoms with Gasteiger partial charge in [-0.2, -0.15) is 5.10 Å². The van der Waals surface area contributed by atoms with Crippen LogP contribution in [0, 0.1) is 20.8 Å². The van der Waals surface area contributed by atoms with E-state index >= 15 is 0 Å². The molecule has 1 aromatic heterocycles. The molecule has 43 heavy (non-hydrogen) atoms. The molecule has 1 heterocycles. The standard InChI is InChI=1S/C39H35N3S/c1-29-13-19-35(20-14-29)42(36-21-15-30(2)16-22-36)37-23-17-32(18-24-37)26-40-41(39-12-8-7-9-31(39)3)27-38-25-34(28-43-38)33-10-5-4-6-11-33/h4-26,28H,27H2,1-3H3. The Morgan fingerprint density at radius 3 is 1.77 bits per heavy atom. The maximum Gasteiger partial charge on any atom is 0.0759 e. The van der Waals surface area contributed by atoms with E-state index in [1.165, 1.54) is 32.7 Å². The van der Waals surface area contributed by atoms with Gasteiger partial charge in [0.05, 0.1) is 18.4 Å². The van der Waals surface area contributed by atoms with Crippen molar-refractivity contribution in [2.24, 2.45) is 5.10 Å². The van der Waals surface area contributed by atoms with Gasteiger partial charge in [0.25, 0.3) is 0 Å². The molecule has 5 aromatic carbocycles. The minimum atomic E-state index is 0.700. The van der Waals surface area contributed by atoms with Crippen molar-refractivity contribution in [3.8, 4) is 11.1 Å². The Kier molecular flexibility index (Phi) is 8.48. The molecule has 0 unspecified atom stereocenters. The van der Waals surface area contributed by atoms with E-state index in [1.54, 1.807) is 11.3 Å². The molecule has 4 heteroatoms. The molecular formula is C39H35N3S. The van der Waals surface area contributed by atoms with Crippen molar-refractivity contribution >= 4 is 40.3 Å². The van der Waals surface area contributed by atoms with Gasteiger partial charge in [-0.1, -0.05) is 96.1 Å². The lowest BCUT2D eigenvalue weighted by atomic mass is 10.1. The SMILES string of the molecule is Cc1ccc(N(c2ccc(C)cc2)c2ccc(C=NN(Cc3cc(-c4ccccc4)cs3)c3ccccc3C)cc2)cc1. The molecule has 0 saturated carbocycles. The van der Waals surface area contributed by atoms with Crippen molar-refractivity contribution < 1.29 is 0 Å². The minimum Gasteiger partial charge on any atom is -0.311 e. The number of hydrogen-bond donors (Lipinski definition) is 0. The Balaban J connectivity index is 1.27. The van der Waals surface area contributed by atoms with Gasteiger partial charge in [0.2, 0.25) is 0 Å². The van der Waals surface area contributed by atoms with Crippen LogP contribution in [0.15, 0.2) is 144 Å². The number of benzene rings is 5. The molecule has 0 radical (unpaired) electrons. The first kappa shape index (κ1) is 28.2. The maximum atomic E-state index is 5.01. The van der Waals surface area contributed by atoms with E-state index in [0.717, 1.165) is 28.3 Å². The Hall–Kier alpha value is -4.93. The number of para-hydroxylation sites is 1. The fourth-order valence-corrected chi connectivity index (χ4v) is 5.99. The van der Waals surface area contributed by atoms with Crippen LogP contribution in [0.1, 0.15) is 27.1 Å². The van der Waals surface area contributed by atoms with Crippen LogP contribution in [0.3, 0.4) is 0 Å². The summed E-state index contributed by atoms with van der Waals surface area (Å²) in [6.45, 7) is 7.08. The fourth-order valence-electron chi connectivity index (χ4n) is 5.12. The molecule has 0 spiro atoms. The van der Waals surface area contributed by atoms with Gasteiger partial charge in [0.1, 0.15) is 0 Å². The topological polar surface area (TPSA) is 18.8 Å². The van der Waals surface area contributed by atoms with Crippen molar-refractivity contribution in [3.63, 3.8) is 0 Å². The lowest BCUT2D eigenvalue weighted by molar-refractivity contribution is 0.866. The number of hydrogen-bond acceptors (Lipinski definition) is 4. The van der Waals surface area contributed by atoms with E-state index in [0.29, 0.717) is 6.54 Å². The van der Waals surface area contributed by atoms with E-state index in [-0.39, 0.29) is 0 Å². The quantitative estimate of drug-likeness (QED) is 0.126. The first-order valence-electron chi connectivity index (χ1n) is 14.6. The largest absolute Gasteiger partial charge is 0.311 e. The summed E-state index contributed by atoms with van der Waals surface area (Å²) in [7, 11) is 0. The molecule has 0 fully saturated rings. The molecule has 0 N–H and O–H groups in total. The second kappa shape index (κ2) is 12.9. The van der Waals surface area contributed by atoms with Gasteiger partial charge in [-0.05, 0) is 96.9 Å². The van der Waals surface area contributed by atoms with Gasteiger partial charge in [-0.25, -0.2) is 0 Å². The molecule has 3 nitrogen and oxygen atoms in total. The van der Waals surface area contributed by atoms with Crippen molar-refractivity contribution in [2.45, 2.75) is 27.3 Å². The summed E-state index contributed by atoms with van der Waals surface area (Å²) >= 11 is 1.78. The molecule has 0 aliphatic carbocycles. The van der Waals surface area contributed by atoms with Gasteiger partial charge in [-0.3, -0.25) is 5.01 Å². The number of rotatable bonds is 9. The highest BCUT2D eigenvalue weighted by Crippen LogP contribution is 2.35. The second-order valence-electron chi connectivity index (χ2n) is 10.9. The molecule has 212 valence electrons. The average Bonchev–Trinajstić information content (AvgIpc) is 3.51. The smallest absolute Gasteiger partial charge is 0.0759 e. The van der Waals surface area contributed by atoms with Crippen molar-refractivity contribution in [1.29, 1.82) is 0 Å². The number of thiophene rings is 1. The van der Waals surface area contributed by atoms with Crippen LogP contribution < -0.4 is 9.91 Å². The minimum absolute atomic E-state index is 0.700. The predicted octanol–water partition coefficient (Wildman–Crippen LogP) is 10.9. The van der Waals surface area contributed by atoms with Crippen LogP contribution in [0.5, 0.6) is 0 Å². The molecule has 0 aliphatic rings. The van der Waals surface area contributed by atoms with E-state index in [2.05, 4.69) is 170 Å². The second-order valence-corrected chi connectivity index (χ2v) is 11.9. The normalized spacial score (nSPS) is 11.1. The third-order valence-electron chi connectivity index (χ3n) is 7.54. The molecule has 0 amide bonds. The molecule has 0 atom stereocenters. The maximum absolute atomic E-state index is 5.01. The monoisotopic (exact) mass is 577 g/mol. The van der Waals surface area contributed by atoms with E-state index < -0.39 is 0 Å². The molecule has 0 saturated heterocycles. The van der Waals surface area contributed by atoms with E-state index in [9.17, 15) is 0 Å². The van der Waals surface area contributed by atoms with Crippen LogP contribution >= 0.6 is 11.3 Å². The van der Waals surface area contributed by atoms with Crippen molar-refractivity contribution in [3.05, 3.63) is 166 Å². The summed E-state index contributed by atoms with van der Waals surface area (Å²) in [5, 5.41) is 9.35. The van der Waals surface area contributed by atoms with Crippen molar-refractivity contribution in [2.75, 3.05) is 9.91 Å². The zero-order chi connectivity index (χ0) is 29.6. The first-order valence-corrected chi connectivity index (χ1v) is 15.4. The summed E-state index contributed by atoms with van der Waals surface area (Å²) in [4.78, 5) is 3.56. The molecule has 6 rings (SSSR count). The zero-order valence-corrected chi connectivity index (χ0v) is 25.6. The predicted molar refractivity (Wildman–Crippen MR) is 185 cm³/mol. The number of aryl methyl sites for hydroxylation is 3. The highest BCUT2D eigenvalue weighted by molar-refractivity contribution is 7.10. The summed E-state index contributed by atoms with van der Waals surface area (Å²) in [5.41, 5.74) is 11.7. The van der Waals surface area contributed by atoms with Gasteiger partial charge < -0.3 is 4.90 Å². The lowest BCUT2D eigenvalue weighted by Crippen LogP contribution is -2.16. The highest BCUT2D eigenvalue weighted by Gasteiger charge is 2.13. The Labute approximate surface area is 259 Å². The van der Waals surface area contributed by atoms with Gasteiger partial charge in [-0.15, -0.1) is 11.3 Å². The Morgan fingerprint density at radius 1 is 0.605 bits per heavy atom. The third-order valence-corrected chi connectivity index (χ3v) is 8.46. The Bertz CT molecular complexity index is 1760. The van der Waals surface area contributed by atoms with Crippen molar-refractivity contribution in [1.82, 2.24) is 0 Å². The summed E-state index contributed by atoms with van der Waals surface area (Å²) < 4.78 is 0. The van der Waals surface area contributed by atoms with E-state index in [1.807, 2.05) is 6.21 Å². The average molecular weight is 578 g/mol. The van der Waals surface area contributed by atoms with Crippen LogP contribution in [0.25, 0.3) is 11.1 Å². The third kappa shape index (κ3) is 6.77. The number of nitrogens with zero attached hydrogens (tertiary/aromatic N) is 3. The van der Waals surface area contributed by atoms with Crippen LogP contribution in [0.2, 0.25) is 0 Å². The van der Waals surface area contributed by atoms with Crippen LogP contribution in [0.4, 0.5) is 22.7 Å². The molecule has 0 aliphatic heterocycles. The summed E-state index contributed by atoms with van der Waals surface area (Å²) in [5.74, 6) is 0. The molecular weight excluding hydrogens is 543 g/mol. The van der Waals surface area contributed by atoms with Gasteiger partial charge >= 0.3 is 0 Å². The van der Waals surface area contributed by atoms with E-state index in [4.69, 9.17) is 5.10 Å². The lowest BCUT2D eigenvalue weighted by Gasteiger charge is -2.26. The van der Waals surface area contributed by atoms with Crippen LogP contribution in [-0.4, -0.2) is 6.21 Å². The Morgan fingerprint density at radius 2 is 1.16 bits per heavy atom. The van der Waals surface area contributed by atoms with Gasteiger partial charge in [0, 0.05) is 21.9 Å².